The summed E-state index contributed by atoms with van der Waals surface area (Å²) in [6.45, 7) is 2.73. The molecule has 0 bridgehead atoms. The molecule has 0 spiro atoms. The van der Waals surface area contributed by atoms with Gasteiger partial charge in [0.1, 0.15) is 19.0 Å². The number of nitrogens with zero attached hydrogens (tertiary/aromatic N) is 4. The predicted molar refractivity (Wildman–Crippen MR) is 191 cm³/mol. The van der Waals surface area contributed by atoms with Crippen LogP contribution in [0.1, 0.15) is 31.8 Å². The highest BCUT2D eigenvalue weighted by atomic mass is 32.2. The standard InChI is InChI=1S/C36H30FN7O8S/c1-21-5-3-4-6-27(21)35(46)53(47,48)43-52-34(45)22-7-8-23(31(16-22)49-2)20-44-29-11-9-25(15-24(29)18-39-44)41-36-38-19-28(37)33(42-36)40-26-10-12-30-32(17-26)51-14-13-50-30/h3-12,15-19,43H,13-14,20H2,1-2H3,(H2,38,40,41,42). The summed E-state index contributed by atoms with van der Waals surface area (Å²) >= 11 is 0. The van der Waals surface area contributed by atoms with Gasteiger partial charge < -0.3 is 29.7 Å². The maximum absolute atomic E-state index is 14.7. The van der Waals surface area contributed by atoms with E-state index in [1.165, 1.54) is 31.4 Å². The van der Waals surface area contributed by atoms with Gasteiger partial charge in [0.05, 0.1) is 37.1 Å². The van der Waals surface area contributed by atoms with Crippen LogP contribution in [0.3, 0.4) is 0 Å². The molecule has 0 saturated carbocycles. The number of hydrogen-bond acceptors (Lipinski definition) is 13. The topological polar surface area (TPSA) is 185 Å². The van der Waals surface area contributed by atoms with Gasteiger partial charge in [-0.2, -0.15) is 10.1 Å². The number of carbonyl (C=O) groups excluding carboxylic acids is 2. The average Bonchev–Trinajstić information content (AvgIpc) is 3.56. The van der Waals surface area contributed by atoms with Crippen LogP contribution < -0.4 is 29.7 Å². The molecule has 0 radical (unpaired) electrons. The number of aromatic nitrogens is 4. The van der Waals surface area contributed by atoms with E-state index in [-0.39, 0.29) is 29.4 Å². The van der Waals surface area contributed by atoms with Gasteiger partial charge in [-0.25, -0.2) is 22.6 Å². The van der Waals surface area contributed by atoms with Gasteiger partial charge >= 0.3 is 16.0 Å². The van der Waals surface area contributed by atoms with Crippen LogP contribution in [0, 0.1) is 12.7 Å². The van der Waals surface area contributed by atoms with Crippen molar-refractivity contribution in [3.8, 4) is 17.2 Å². The van der Waals surface area contributed by atoms with E-state index < -0.39 is 26.9 Å². The van der Waals surface area contributed by atoms with E-state index in [4.69, 9.17) is 19.0 Å². The van der Waals surface area contributed by atoms with Gasteiger partial charge in [-0.1, -0.05) is 24.3 Å². The van der Waals surface area contributed by atoms with E-state index in [9.17, 15) is 22.4 Å². The molecule has 0 fully saturated rings. The molecule has 0 saturated heterocycles. The number of fused-ring (bicyclic) bond motifs is 2. The minimum Gasteiger partial charge on any atom is -0.496 e. The second-order valence-electron chi connectivity index (χ2n) is 11.7. The Bertz CT molecular complexity index is 2490. The Balaban J connectivity index is 1.01. The second-order valence-corrected chi connectivity index (χ2v) is 13.2. The third-order valence-electron chi connectivity index (χ3n) is 8.14. The monoisotopic (exact) mass is 739 g/mol. The largest absolute Gasteiger partial charge is 0.496 e. The summed E-state index contributed by atoms with van der Waals surface area (Å²) in [7, 11) is -3.25. The van der Waals surface area contributed by atoms with Crippen molar-refractivity contribution in [2.75, 3.05) is 31.0 Å². The molecule has 1 aliphatic rings. The number of sulfonamides is 1. The molecule has 0 unspecified atom stereocenters. The van der Waals surface area contributed by atoms with Crippen LogP contribution in [0.4, 0.5) is 27.5 Å². The van der Waals surface area contributed by atoms with Gasteiger partial charge in [0.15, 0.2) is 23.1 Å². The van der Waals surface area contributed by atoms with Crippen LogP contribution in [0.25, 0.3) is 10.9 Å². The molecule has 53 heavy (non-hydrogen) atoms. The molecule has 15 nitrogen and oxygen atoms in total. The summed E-state index contributed by atoms with van der Waals surface area (Å²) in [4.78, 5) is 40.0. The number of rotatable bonds is 11. The Labute approximate surface area is 301 Å². The van der Waals surface area contributed by atoms with Crippen molar-refractivity contribution in [2.24, 2.45) is 0 Å². The van der Waals surface area contributed by atoms with Crippen LogP contribution in [-0.2, 0) is 21.4 Å². The molecule has 0 aliphatic carbocycles. The lowest BCUT2D eigenvalue weighted by atomic mass is 10.1. The van der Waals surface area contributed by atoms with Gasteiger partial charge in [0.2, 0.25) is 5.95 Å². The molecular weight excluding hydrogens is 710 g/mol. The highest BCUT2D eigenvalue weighted by Crippen LogP contribution is 2.34. The molecule has 2 aromatic heterocycles. The number of methoxy groups -OCH3 is 1. The Morgan fingerprint density at radius 2 is 1.70 bits per heavy atom. The third-order valence-corrected chi connectivity index (χ3v) is 9.15. The number of nitrogens with one attached hydrogen (secondary N) is 3. The first-order valence-electron chi connectivity index (χ1n) is 16.0. The fraction of sp³-hybridized carbons (Fsp3) is 0.139. The molecular formula is C36H30FN7O8S. The highest BCUT2D eigenvalue weighted by molar-refractivity contribution is 8.04. The fourth-order valence-electron chi connectivity index (χ4n) is 5.49. The summed E-state index contributed by atoms with van der Waals surface area (Å²) in [6.07, 6.45) is 2.74. The maximum Gasteiger partial charge on any atom is 0.357 e. The van der Waals surface area contributed by atoms with Crippen LogP contribution in [0.15, 0.2) is 91.3 Å². The molecule has 4 aromatic carbocycles. The molecule has 17 heteroatoms. The summed E-state index contributed by atoms with van der Waals surface area (Å²) < 4.78 is 58.1. The number of carbonyl (C=O) groups is 2. The van der Waals surface area contributed by atoms with Gasteiger partial charge in [0.25, 0.3) is 5.12 Å². The van der Waals surface area contributed by atoms with E-state index in [2.05, 4.69) is 25.7 Å². The molecule has 0 amide bonds. The van der Waals surface area contributed by atoms with Crippen LogP contribution in [0.2, 0.25) is 0 Å². The van der Waals surface area contributed by atoms with Crippen molar-refractivity contribution >= 4 is 55.2 Å². The van der Waals surface area contributed by atoms with Crippen LogP contribution in [0.5, 0.6) is 17.2 Å². The van der Waals surface area contributed by atoms with Crippen molar-refractivity contribution in [1.82, 2.24) is 24.6 Å². The Morgan fingerprint density at radius 3 is 2.51 bits per heavy atom. The van der Waals surface area contributed by atoms with Gasteiger partial charge in [-0.3, -0.25) is 9.48 Å². The summed E-state index contributed by atoms with van der Waals surface area (Å²) in [5.41, 5.74) is 3.01. The zero-order valence-corrected chi connectivity index (χ0v) is 28.9. The van der Waals surface area contributed by atoms with Crippen molar-refractivity contribution in [3.63, 3.8) is 0 Å². The summed E-state index contributed by atoms with van der Waals surface area (Å²) in [5, 5.41) is 10.1. The van der Waals surface area contributed by atoms with Crippen molar-refractivity contribution in [2.45, 2.75) is 13.5 Å². The number of hydrogen-bond donors (Lipinski definition) is 3. The minimum atomic E-state index is -4.67. The van der Waals surface area contributed by atoms with E-state index >= 15 is 0 Å². The van der Waals surface area contributed by atoms with E-state index in [1.807, 2.05) is 12.1 Å². The lowest BCUT2D eigenvalue weighted by molar-refractivity contribution is 0.0407. The van der Waals surface area contributed by atoms with Crippen LogP contribution >= 0.6 is 0 Å². The first-order valence-corrected chi connectivity index (χ1v) is 17.5. The minimum absolute atomic E-state index is 0.0228. The van der Waals surface area contributed by atoms with Crippen molar-refractivity contribution in [1.29, 1.82) is 0 Å². The lowest BCUT2D eigenvalue weighted by Crippen LogP contribution is -2.33. The number of halogens is 1. The fourth-order valence-corrected chi connectivity index (χ4v) is 6.27. The number of ether oxygens (including phenoxy) is 3. The molecule has 3 heterocycles. The third kappa shape index (κ3) is 7.56. The Kier molecular flexibility index (Phi) is 9.58. The molecule has 6 aromatic rings. The van der Waals surface area contributed by atoms with E-state index in [0.29, 0.717) is 53.0 Å². The first-order chi connectivity index (χ1) is 25.6. The Morgan fingerprint density at radius 1 is 0.925 bits per heavy atom. The second kappa shape index (κ2) is 14.6. The molecule has 270 valence electrons. The number of anilines is 4. The average molecular weight is 740 g/mol. The Hall–Kier alpha value is -6.59. The first kappa shape index (κ1) is 34.8. The van der Waals surface area contributed by atoms with E-state index in [0.717, 1.165) is 17.1 Å². The zero-order valence-electron chi connectivity index (χ0n) is 28.1. The molecule has 7 rings (SSSR count). The van der Waals surface area contributed by atoms with Crippen molar-refractivity contribution < 1.29 is 41.4 Å². The summed E-state index contributed by atoms with van der Waals surface area (Å²) in [5.74, 6) is -0.0808. The van der Waals surface area contributed by atoms with Gasteiger partial charge in [0, 0.05) is 34.0 Å². The normalized spacial score (nSPS) is 12.3. The maximum atomic E-state index is 14.7. The zero-order chi connectivity index (χ0) is 37.1. The smallest absolute Gasteiger partial charge is 0.357 e. The van der Waals surface area contributed by atoms with Gasteiger partial charge in [-0.15, -0.1) is 0 Å². The molecule has 1 aliphatic heterocycles. The predicted octanol–water partition coefficient (Wildman–Crippen LogP) is 5.42. The highest BCUT2D eigenvalue weighted by Gasteiger charge is 2.27. The molecule has 0 atom stereocenters. The van der Waals surface area contributed by atoms with Gasteiger partial charge in [-0.05, 0) is 65.9 Å². The lowest BCUT2D eigenvalue weighted by Gasteiger charge is -2.19. The summed E-state index contributed by atoms with van der Waals surface area (Å²) in [6, 6.07) is 21.2. The molecule has 3 N–H and O–H groups in total. The van der Waals surface area contributed by atoms with Crippen LogP contribution in [-0.4, -0.2) is 59.6 Å². The van der Waals surface area contributed by atoms with E-state index in [1.54, 1.807) is 65.2 Å². The SMILES string of the molecule is COc1cc(C(=O)ONS(=O)(=O)C(=O)c2ccccc2C)ccc1Cn1ncc2cc(Nc3ncc(F)c(Nc4ccc5c(c4)OCCO5)n3)ccc21. The number of benzene rings is 4. The quantitative estimate of drug-likeness (QED) is 0.143. The number of aryl methyl sites for hydroxylation is 1. The van der Waals surface area contributed by atoms with Crippen molar-refractivity contribution in [3.05, 3.63) is 119 Å².